The summed E-state index contributed by atoms with van der Waals surface area (Å²) in [5.74, 6) is -0.428. The smallest absolute Gasteiger partial charge is 0.296 e. The molecule has 0 spiro atoms. The highest BCUT2D eigenvalue weighted by Crippen LogP contribution is 2.44. The lowest BCUT2D eigenvalue weighted by Gasteiger charge is -2.11. The third-order valence-corrected chi connectivity index (χ3v) is 11.1. The molecule has 0 aromatic heterocycles. The Hall–Kier alpha value is -6.56. The predicted molar refractivity (Wildman–Crippen MR) is 210 cm³/mol. The van der Waals surface area contributed by atoms with E-state index >= 15 is 0 Å². The molecule has 19 nitrogen and oxygen atoms in total. The van der Waals surface area contributed by atoms with Crippen LogP contribution in [0.15, 0.2) is 130 Å². The summed E-state index contributed by atoms with van der Waals surface area (Å²) in [6, 6.07) is 19.1. The third-order valence-electron chi connectivity index (χ3n) is 8.49. The zero-order chi connectivity index (χ0) is 42.2. The van der Waals surface area contributed by atoms with Crippen LogP contribution < -0.4 is 10.1 Å². The van der Waals surface area contributed by atoms with Gasteiger partial charge in [0.15, 0.2) is 5.75 Å². The summed E-state index contributed by atoms with van der Waals surface area (Å²) in [5.41, 5.74) is 2.46. The molecule has 0 heterocycles. The highest BCUT2D eigenvalue weighted by atomic mass is 32.2. The van der Waals surface area contributed by atoms with Crippen molar-refractivity contribution in [2.24, 2.45) is 30.7 Å². The van der Waals surface area contributed by atoms with Crippen LogP contribution in [0, 0.1) is 13.8 Å². The van der Waals surface area contributed by atoms with Crippen molar-refractivity contribution in [3.63, 3.8) is 0 Å². The number of phenols is 1. The number of nitrogens with one attached hydrogen (secondary N) is 1. The van der Waals surface area contributed by atoms with Gasteiger partial charge in [-0.25, -0.2) is 0 Å². The van der Waals surface area contributed by atoms with Crippen LogP contribution in [0.1, 0.15) is 11.1 Å². The molecule has 1 amide bonds. The van der Waals surface area contributed by atoms with Crippen LogP contribution in [0.4, 0.5) is 39.8 Å². The summed E-state index contributed by atoms with van der Waals surface area (Å²) >= 11 is 0. The molecule has 0 atom stereocenters. The molecule has 22 heteroatoms. The molecule has 0 saturated heterocycles. The number of phenolic OH excluding ortho intramolecular Hbond substituents is 1. The largest absolute Gasteiger partial charge is 0.505 e. The molecule has 0 aliphatic carbocycles. The fraction of sp³-hybridized carbons (Fsp3) is 0.0833. The first kappa shape index (κ1) is 41.1. The number of hydrogen-bond donors (Lipinski definition) is 5. The number of carbonyl (C=O) groups is 1. The molecule has 6 rings (SSSR count). The van der Waals surface area contributed by atoms with E-state index in [1.165, 1.54) is 55.6 Å². The maximum absolute atomic E-state index is 12.3. The average molecular weight is 848 g/mol. The predicted octanol–water partition coefficient (Wildman–Crippen LogP) is 8.88. The summed E-state index contributed by atoms with van der Waals surface area (Å²) < 4.78 is 106. The SMILES string of the molecule is COc1cc(N=Nc2ccc(N=Nc3ccc4cc(S(=O)(=O)O)cc(S(=O)(=O)O)c4c3)c(C)c2)c(C)cc1N=Nc1c(S(=O)(=O)O)cc2cc(NC=O)ccc2c1O. The van der Waals surface area contributed by atoms with Crippen LogP contribution in [0.2, 0.25) is 0 Å². The first-order valence-electron chi connectivity index (χ1n) is 16.3. The minimum absolute atomic E-state index is 0.0533. The Morgan fingerprint density at radius 3 is 1.86 bits per heavy atom. The Balaban J connectivity index is 1.25. The van der Waals surface area contributed by atoms with E-state index in [4.69, 9.17) is 4.74 Å². The number of amides is 1. The number of azo groups is 3. The number of fused-ring (bicyclic) bond motifs is 2. The molecule has 0 unspecified atom stereocenters. The first-order valence-corrected chi connectivity index (χ1v) is 20.6. The van der Waals surface area contributed by atoms with E-state index in [-0.39, 0.29) is 38.7 Å². The second-order valence-electron chi connectivity index (χ2n) is 12.4. The van der Waals surface area contributed by atoms with Gasteiger partial charge in [-0.2, -0.15) is 45.7 Å². The topological polar surface area (TPSA) is 296 Å². The Labute approximate surface area is 329 Å². The van der Waals surface area contributed by atoms with Gasteiger partial charge in [0.25, 0.3) is 30.4 Å². The molecule has 6 aromatic carbocycles. The normalized spacial score (nSPS) is 12.7. The minimum atomic E-state index is -4.90. The molecule has 0 aliphatic rings. The van der Waals surface area contributed by atoms with Crippen molar-refractivity contribution in [3.05, 3.63) is 96.1 Å². The zero-order valence-electron chi connectivity index (χ0n) is 30.1. The highest BCUT2D eigenvalue weighted by Gasteiger charge is 2.23. The monoisotopic (exact) mass is 847 g/mol. The molecule has 0 aliphatic heterocycles. The summed E-state index contributed by atoms with van der Waals surface area (Å²) in [7, 11) is -13.2. The van der Waals surface area contributed by atoms with Gasteiger partial charge in [-0.15, -0.1) is 10.2 Å². The number of aromatic hydroxyl groups is 1. The molecular weight excluding hydrogens is 819 g/mol. The van der Waals surface area contributed by atoms with Gasteiger partial charge < -0.3 is 15.2 Å². The fourth-order valence-electron chi connectivity index (χ4n) is 5.67. The van der Waals surface area contributed by atoms with Crippen molar-refractivity contribution in [1.29, 1.82) is 0 Å². The van der Waals surface area contributed by atoms with Gasteiger partial charge in [0.2, 0.25) is 6.41 Å². The van der Waals surface area contributed by atoms with Crippen molar-refractivity contribution in [2.75, 3.05) is 12.4 Å². The highest BCUT2D eigenvalue weighted by molar-refractivity contribution is 7.87. The molecule has 5 N–H and O–H groups in total. The number of anilines is 1. The number of aryl methyl sites for hydroxylation is 2. The summed E-state index contributed by atoms with van der Waals surface area (Å²) in [6.45, 7) is 3.43. The summed E-state index contributed by atoms with van der Waals surface area (Å²) in [5, 5.41) is 38.9. The third kappa shape index (κ3) is 8.86. The van der Waals surface area contributed by atoms with Crippen LogP contribution in [-0.4, -0.2) is 57.5 Å². The lowest BCUT2D eigenvalue weighted by molar-refractivity contribution is -0.105. The van der Waals surface area contributed by atoms with Crippen LogP contribution in [0.5, 0.6) is 11.5 Å². The van der Waals surface area contributed by atoms with Gasteiger partial charge in [-0.05, 0) is 109 Å². The Kier molecular flexibility index (Phi) is 11.2. The fourth-order valence-corrected chi connectivity index (χ4v) is 7.67. The van der Waals surface area contributed by atoms with E-state index < -0.39 is 56.5 Å². The molecule has 0 saturated carbocycles. The van der Waals surface area contributed by atoms with E-state index in [1.54, 1.807) is 32.0 Å². The number of ether oxygens (including phenoxy) is 1. The lowest BCUT2D eigenvalue weighted by Crippen LogP contribution is -2.04. The molecule has 298 valence electrons. The number of benzene rings is 6. The van der Waals surface area contributed by atoms with E-state index in [2.05, 4.69) is 36.0 Å². The van der Waals surface area contributed by atoms with Crippen LogP contribution in [0.3, 0.4) is 0 Å². The maximum atomic E-state index is 12.3. The Bertz CT molecular complexity index is 3120. The van der Waals surface area contributed by atoms with Crippen molar-refractivity contribution < 1.29 is 53.5 Å². The van der Waals surface area contributed by atoms with E-state index in [0.29, 0.717) is 46.4 Å². The molecular formula is C36H29N7O12S3. The van der Waals surface area contributed by atoms with Gasteiger partial charge in [-0.1, -0.05) is 6.07 Å². The maximum Gasteiger partial charge on any atom is 0.296 e. The number of hydrogen-bond acceptors (Lipinski definition) is 15. The second-order valence-corrected chi connectivity index (χ2v) is 16.6. The van der Waals surface area contributed by atoms with Crippen molar-refractivity contribution >= 4 is 98.1 Å². The summed E-state index contributed by atoms with van der Waals surface area (Å²) in [6.07, 6.45) is 0.425. The van der Waals surface area contributed by atoms with E-state index in [9.17, 15) is 48.8 Å². The summed E-state index contributed by atoms with van der Waals surface area (Å²) in [4.78, 5) is 8.67. The molecule has 0 fully saturated rings. The van der Waals surface area contributed by atoms with Crippen LogP contribution in [-0.2, 0) is 35.1 Å². The lowest BCUT2D eigenvalue weighted by atomic mass is 10.1. The van der Waals surface area contributed by atoms with E-state index in [1.807, 2.05) is 0 Å². The Morgan fingerprint density at radius 2 is 1.22 bits per heavy atom. The van der Waals surface area contributed by atoms with Gasteiger partial charge >= 0.3 is 0 Å². The number of nitrogens with zero attached hydrogens (tertiary/aromatic N) is 6. The molecule has 0 bridgehead atoms. The minimum Gasteiger partial charge on any atom is -0.505 e. The average Bonchev–Trinajstić information content (AvgIpc) is 3.15. The number of methoxy groups -OCH3 is 1. The number of carbonyl (C=O) groups excluding carboxylic acids is 1. The standard InChI is InChI=1S/C36H29N7O12S3/c1-19-10-24(7-9-29(19)40-39-25-5-4-21-13-26(56(46,47)48)16-33(28(21)15-25)57(49,50)51)38-41-30-17-32(55-3)31(11-20(30)2)42-43-35-34(58(52,53)54)14-22-12-23(37-18-44)6-8-27(22)36(35)45/h4-18,45H,1-3H3,(H,37,44)(H,46,47,48)(H,49,50,51)(H,52,53,54). The van der Waals surface area contributed by atoms with Gasteiger partial charge in [-0.3, -0.25) is 18.5 Å². The Morgan fingerprint density at radius 1 is 0.586 bits per heavy atom. The van der Waals surface area contributed by atoms with Crippen LogP contribution in [0.25, 0.3) is 21.5 Å². The van der Waals surface area contributed by atoms with Crippen molar-refractivity contribution in [2.45, 2.75) is 28.5 Å². The van der Waals surface area contributed by atoms with E-state index in [0.717, 1.165) is 12.1 Å². The van der Waals surface area contributed by atoms with Crippen molar-refractivity contribution in [1.82, 2.24) is 0 Å². The molecule has 58 heavy (non-hydrogen) atoms. The zero-order valence-corrected chi connectivity index (χ0v) is 32.6. The van der Waals surface area contributed by atoms with Gasteiger partial charge in [0.05, 0.1) is 34.8 Å². The molecule has 6 aromatic rings. The van der Waals surface area contributed by atoms with Crippen molar-refractivity contribution in [3.8, 4) is 11.5 Å². The second kappa shape index (κ2) is 15.8. The number of rotatable bonds is 12. The van der Waals surface area contributed by atoms with Gasteiger partial charge in [0.1, 0.15) is 26.9 Å². The first-order chi connectivity index (χ1) is 27.3. The quantitative estimate of drug-likeness (QED) is 0.0438. The van der Waals surface area contributed by atoms with Gasteiger partial charge in [0, 0.05) is 22.5 Å². The molecule has 0 radical (unpaired) electrons. The van der Waals surface area contributed by atoms with Crippen LogP contribution >= 0.6 is 0 Å².